The molecule has 2 atom stereocenters. The Labute approximate surface area is 112 Å². The van der Waals surface area contributed by atoms with Gasteiger partial charge in [0.25, 0.3) is 0 Å². The van der Waals surface area contributed by atoms with Gasteiger partial charge in [0.15, 0.2) is 0 Å². The predicted molar refractivity (Wildman–Crippen MR) is 67.5 cm³/mol. The average molecular weight is 274 g/mol. The van der Waals surface area contributed by atoms with E-state index >= 15 is 0 Å². The Hall–Kier alpha value is -1.63. The molecule has 5 N–H and O–H groups in total. The molecule has 110 valence electrons. The van der Waals surface area contributed by atoms with E-state index in [0.29, 0.717) is 6.42 Å². The second-order valence-corrected chi connectivity index (χ2v) is 4.92. The Bertz CT molecular complexity index is 329. The van der Waals surface area contributed by atoms with Crippen molar-refractivity contribution in [3.63, 3.8) is 0 Å². The highest BCUT2D eigenvalue weighted by Gasteiger charge is 2.37. The molecule has 0 spiro atoms. The number of amides is 2. The van der Waals surface area contributed by atoms with E-state index in [1.165, 1.54) is 7.11 Å². The van der Waals surface area contributed by atoms with E-state index in [1.807, 2.05) is 13.8 Å². The third kappa shape index (κ3) is 5.69. The highest BCUT2D eigenvalue weighted by atomic mass is 16.5. The fraction of sp³-hybridized carbons (Fsp3) is 0.750. The molecule has 7 heteroatoms. The Morgan fingerprint density at radius 2 is 1.63 bits per heavy atom. The van der Waals surface area contributed by atoms with Gasteiger partial charge in [-0.05, 0) is 12.3 Å². The van der Waals surface area contributed by atoms with Crippen LogP contribution in [0.25, 0.3) is 0 Å². The highest BCUT2D eigenvalue weighted by molar-refractivity contribution is 5.99. The van der Waals surface area contributed by atoms with Gasteiger partial charge in [0.2, 0.25) is 11.8 Å². The lowest BCUT2D eigenvalue weighted by Gasteiger charge is -2.28. The van der Waals surface area contributed by atoms with E-state index in [9.17, 15) is 19.5 Å². The lowest BCUT2D eigenvalue weighted by Crippen LogP contribution is -2.45. The SMILES string of the molecule is COC(=O)CC(O)C(CC(C)C)C(C(N)=O)C(N)=O. The molecule has 2 amide bonds. The standard InChI is InChI=1S/C12H22N2O5/c1-6(2)4-7(8(15)5-9(16)19-3)10(11(13)17)12(14)18/h6-8,10,15H,4-5H2,1-3H3,(H2,13,17)(H2,14,18). The summed E-state index contributed by atoms with van der Waals surface area (Å²) in [6.45, 7) is 3.72. The number of aliphatic hydroxyl groups is 1. The predicted octanol–water partition coefficient (Wildman–Crippen LogP) is -0.840. The molecule has 0 radical (unpaired) electrons. The smallest absolute Gasteiger partial charge is 0.308 e. The van der Waals surface area contributed by atoms with Gasteiger partial charge in [-0.1, -0.05) is 13.8 Å². The number of aliphatic hydroxyl groups excluding tert-OH is 1. The molecular formula is C12H22N2O5. The van der Waals surface area contributed by atoms with Crippen molar-refractivity contribution < 1.29 is 24.2 Å². The zero-order valence-corrected chi connectivity index (χ0v) is 11.5. The maximum atomic E-state index is 11.3. The summed E-state index contributed by atoms with van der Waals surface area (Å²) in [5, 5.41) is 10.0. The van der Waals surface area contributed by atoms with Crippen molar-refractivity contribution in [3.8, 4) is 0 Å². The van der Waals surface area contributed by atoms with E-state index in [4.69, 9.17) is 11.5 Å². The summed E-state index contributed by atoms with van der Waals surface area (Å²) >= 11 is 0. The van der Waals surface area contributed by atoms with Crippen LogP contribution in [-0.4, -0.2) is 36.1 Å². The molecule has 0 rings (SSSR count). The summed E-state index contributed by atoms with van der Waals surface area (Å²) in [6, 6.07) is 0. The van der Waals surface area contributed by atoms with E-state index in [-0.39, 0.29) is 12.3 Å². The molecule has 0 bridgehead atoms. The van der Waals surface area contributed by atoms with Crippen molar-refractivity contribution in [3.05, 3.63) is 0 Å². The Morgan fingerprint density at radius 3 is 1.95 bits per heavy atom. The molecule has 7 nitrogen and oxygen atoms in total. The van der Waals surface area contributed by atoms with Gasteiger partial charge in [-0.15, -0.1) is 0 Å². The van der Waals surface area contributed by atoms with Crippen LogP contribution in [0.2, 0.25) is 0 Å². The quantitative estimate of drug-likeness (QED) is 0.392. The minimum atomic E-state index is -1.30. The second kappa shape index (κ2) is 7.73. The minimum absolute atomic E-state index is 0.0958. The topological polar surface area (TPSA) is 133 Å². The number of ether oxygens (including phenoxy) is 1. The van der Waals surface area contributed by atoms with E-state index in [0.717, 1.165) is 0 Å². The summed E-state index contributed by atoms with van der Waals surface area (Å²) in [7, 11) is 1.19. The molecule has 0 aromatic heterocycles. The number of hydrogen-bond donors (Lipinski definition) is 3. The average Bonchev–Trinajstić information content (AvgIpc) is 2.26. The van der Waals surface area contributed by atoms with Crippen LogP contribution in [0.1, 0.15) is 26.7 Å². The lowest BCUT2D eigenvalue weighted by atomic mass is 9.79. The van der Waals surface area contributed by atoms with Crippen molar-refractivity contribution >= 4 is 17.8 Å². The second-order valence-electron chi connectivity index (χ2n) is 4.92. The summed E-state index contributed by atoms with van der Waals surface area (Å²) in [5.41, 5.74) is 10.3. The first-order valence-electron chi connectivity index (χ1n) is 6.04. The van der Waals surface area contributed by atoms with Gasteiger partial charge in [0.1, 0.15) is 5.92 Å². The molecular weight excluding hydrogens is 252 g/mol. The van der Waals surface area contributed by atoms with Gasteiger partial charge >= 0.3 is 5.97 Å². The van der Waals surface area contributed by atoms with Crippen LogP contribution in [0.5, 0.6) is 0 Å². The number of esters is 1. The first-order valence-corrected chi connectivity index (χ1v) is 6.04. The number of primary amides is 2. The molecule has 0 saturated carbocycles. The van der Waals surface area contributed by atoms with Crippen LogP contribution in [-0.2, 0) is 19.1 Å². The largest absolute Gasteiger partial charge is 0.469 e. The van der Waals surface area contributed by atoms with Gasteiger partial charge in [-0.2, -0.15) is 0 Å². The fourth-order valence-electron chi connectivity index (χ4n) is 2.03. The van der Waals surface area contributed by atoms with Crippen LogP contribution in [0.4, 0.5) is 0 Å². The first kappa shape index (κ1) is 17.4. The lowest BCUT2D eigenvalue weighted by molar-refractivity contribution is -0.147. The number of methoxy groups -OCH3 is 1. The molecule has 0 saturated heterocycles. The number of nitrogens with two attached hydrogens (primary N) is 2. The minimum Gasteiger partial charge on any atom is -0.469 e. The maximum Gasteiger partial charge on any atom is 0.308 e. The first-order chi connectivity index (χ1) is 8.70. The van der Waals surface area contributed by atoms with Crippen molar-refractivity contribution in [2.75, 3.05) is 7.11 Å². The van der Waals surface area contributed by atoms with E-state index in [2.05, 4.69) is 4.74 Å². The van der Waals surface area contributed by atoms with E-state index < -0.39 is 35.7 Å². The van der Waals surface area contributed by atoms with Crippen molar-refractivity contribution in [1.82, 2.24) is 0 Å². The summed E-state index contributed by atoms with van der Waals surface area (Å²) in [6.07, 6.45) is -1.18. The van der Waals surface area contributed by atoms with Gasteiger partial charge in [0, 0.05) is 5.92 Å². The molecule has 0 fully saturated rings. The number of rotatable bonds is 8. The van der Waals surface area contributed by atoms with Gasteiger partial charge in [-0.25, -0.2) is 0 Å². The van der Waals surface area contributed by atoms with Gasteiger partial charge < -0.3 is 21.3 Å². The summed E-state index contributed by atoms with van der Waals surface area (Å²) in [4.78, 5) is 33.8. The Kier molecular flexibility index (Phi) is 7.06. The van der Waals surface area contributed by atoms with Crippen LogP contribution < -0.4 is 11.5 Å². The van der Waals surface area contributed by atoms with Crippen LogP contribution >= 0.6 is 0 Å². The monoisotopic (exact) mass is 274 g/mol. The highest BCUT2D eigenvalue weighted by Crippen LogP contribution is 2.26. The normalized spacial score (nSPS) is 14.2. The van der Waals surface area contributed by atoms with Gasteiger partial charge in [-0.3, -0.25) is 14.4 Å². The van der Waals surface area contributed by atoms with Crippen molar-refractivity contribution in [2.45, 2.75) is 32.8 Å². The molecule has 0 aliphatic heterocycles. The number of hydrogen-bond acceptors (Lipinski definition) is 5. The third-order valence-electron chi connectivity index (χ3n) is 2.88. The molecule has 19 heavy (non-hydrogen) atoms. The molecule has 2 unspecified atom stereocenters. The number of carbonyl (C=O) groups excluding carboxylic acids is 3. The molecule has 0 aromatic rings. The zero-order chi connectivity index (χ0) is 15.2. The van der Waals surface area contributed by atoms with Crippen LogP contribution in [0, 0.1) is 17.8 Å². The molecule has 0 heterocycles. The van der Waals surface area contributed by atoms with Gasteiger partial charge in [0.05, 0.1) is 19.6 Å². The maximum absolute atomic E-state index is 11.3. The number of carbonyl (C=O) groups is 3. The zero-order valence-electron chi connectivity index (χ0n) is 11.5. The molecule has 0 aliphatic rings. The Morgan fingerprint density at radius 1 is 1.16 bits per heavy atom. The van der Waals surface area contributed by atoms with Crippen LogP contribution in [0.3, 0.4) is 0 Å². The Balaban J connectivity index is 5.11. The molecule has 0 aromatic carbocycles. The third-order valence-corrected chi connectivity index (χ3v) is 2.88. The van der Waals surface area contributed by atoms with Crippen molar-refractivity contribution in [1.29, 1.82) is 0 Å². The fourth-order valence-corrected chi connectivity index (χ4v) is 2.03. The van der Waals surface area contributed by atoms with E-state index in [1.54, 1.807) is 0 Å². The van der Waals surface area contributed by atoms with Crippen LogP contribution in [0.15, 0.2) is 0 Å². The molecule has 0 aliphatic carbocycles. The summed E-state index contributed by atoms with van der Waals surface area (Å²) in [5.74, 6) is -4.44. The van der Waals surface area contributed by atoms with Crippen molar-refractivity contribution in [2.24, 2.45) is 29.2 Å². The summed E-state index contributed by atoms with van der Waals surface area (Å²) < 4.78 is 4.45.